The fraction of sp³-hybridized carbons (Fsp3) is 0.909. The van der Waals surface area contributed by atoms with Crippen LogP contribution in [0.3, 0.4) is 0 Å². The first-order valence-electron chi connectivity index (χ1n) is 10.7. The van der Waals surface area contributed by atoms with Gasteiger partial charge in [-0.25, -0.2) is 0 Å². The second-order valence-electron chi connectivity index (χ2n) is 10.6. The summed E-state index contributed by atoms with van der Waals surface area (Å²) < 4.78 is 6.48. The maximum atomic E-state index is 11.3. The summed E-state index contributed by atoms with van der Waals surface area (Å²) in [6, 6.07) is 0. The van der Waals surface area contributed by atoms with Crippen LogP contribution >= 0.6 is 0 Å². The summed E-state index contributed by atoms with van der Waals surface area (Å²) in [5.41, 5.74) is 2.03. The number of aliphatic hydroxyl groups excluding tert-OH is 1. The summed E-state index contributed by atoms with van der Waals surface area (Å²) >= 11 is 0. The molecule has 8 atom stereocenters. The van der Waals surface area contributed by atoms with Gasteiger partial charge in [0.15, 0.2) is 0 Å². The van der Waals surface area contributed by atoms with Crippen LogP contribution < -0.4 is 0 Å². The van der Waals surface area contributed by atoms with Crippen LogP contribution in [0.4, 0.5) is 0 Å². The van der Waals surface area contributed by atoms with Crippen LogP contribution in [-0.4, -0.2) is 42.0 Å². The maximum absolute atomic E-state index is 11.3. The highest BCUT2D eigenvalue weighted by atomic mass is 16.5. The SMILES string of the molecule is C=C1C2CCC3C(CCC4C35CCC[C@]4(C)CN3CCO[C@H]35)(C2)[C@H]1O. The number of hydrogen-bond acceptors (Lipinski definition) is 3. The van der Waals surface area contributed by atoms with Crippen LogP contribution in [0.15, 0.2) is 12.2 Å². The number of fused-ring (bicyclic) bond motifs is 2. The van der Waals surface area contributed by atoms with Crippen LogP contribution in [0.5, 0.6) is 0 Å². The maximum Gasteiger partial charge on any atom is 0.117 e. The normalized spacial score (nSPS) is 60.1. The van der Waals surface area contributed by atoms with Gasteiger partial charge in [0.05, 0.1) is 12.7 Å². The number of hydrogen-bond donors (Lipinski definition) is 1. The minimum Gasteiger partial charge on any atom is -0.388 e. The number of piperidine rings is 1. The van der Waals surface area contributed by atoms with E-state index in [2.05, 4.69) is 18.4 Å². The van der Waals surface area contributed by atoms with E-state index >= 15 is 0 Å². The molecular formula is C22H33NO2. The van der Waals surface area contributed by atoms with Crippen LogP contribution in [0.25, 0.3) is 0 Å². The van der Waals surface area contributed by atoms with Crippen LogP contribution in [-0.2, 0) is 4.74 Å². The molecule has 0 aromatic carbocycles. The first kappa shape index (κ1) is 15.7. The Morgan fingerprint density at radius 1 is 1.16 bits per heavy atom. The van der Waals surface area contributed by atoms with Gasteiger partial charge in [0.25, 0.3) is 0 Å². The van der Waals surface area contributed by atoms with Gasteiger partial charge in [-0.05, 0) is 73.7 Å². The lowest BCUT2D eigenvalue weighted by molar-refractivity contribution is -0.276. The van der Waals surface area contributed by atoms with Gasteiger partial charge >= 0.3 is 0 Å². The number of nitrogens with zero attached hydrogens (tertiary/aromatic N) is 1. The smallest absolute Gasteiger partial charge is 0.117 e. The third-order valence-electron chi connectivity index (χ3n) is 9.95. The standard InChI is InChI=1S/C22H33NO2/c1-14-15-4-5-17-21(12-15,18(14)24)9-6-16-20(2)7-3-8-22(16,17)19-23(13-20)10-11-25-19/h15-19,24H,1,3-13H2,2H3/t15?,16?,17?,18-,19-,20+,21?,22?/m0/s1. The molecule has 5 unspecified atom stereocenters. The molecule has 25 heavy (non-hydrogen) atoms. The quantitative estimate of drug-likeness (QED) is 0.683. The second kappa shape index (κ2) is 4.72. The van der Waals surface area contributed by atoms with Gasteiger partial charge in [-0.2, -0.15) is 0 Å². The van der Waals surface area contributed by atoms with E-state index in [-0.39, 0.29) is 16.9 Å². The summed E-state index contributed by atoms with van der Waals surface area (Å²) in [5, 5.41) is 11.3. The summed E-state index contributed by atoms with van der Waals surface area (Å²) in [6.07, 6.45) is 10.4. The monoisotopic (exact) mass is 343 g/mol. The molecule has 0 aromatic rings. The van der Waals surface area contributed by atoms with Crippen molar-refractivity contribution in [2.75, 3.05) is 19.7 Å². The predicted molar refractivity (Wildman–Crippen MR) is 96.8 cm³/mol. The molecule has 4 saturated carbocycles. The highest BCUT2D eigenvalue weighted by Crippen LogP contribution is 2.75. The van der Waals surface area contributed by atoms with Gasteiger partial charge < -0.3 is 9.84 Å². The van der Waals surface area contributed by atoms with Crippen molar-refractivity contribution in [1.29, 1.82) is 0 Å². The van der Waals surface area contributed by atoms with Gasteiger partial charge in [0, 0.05) is 23.9 Å². The fourth-order valence-corrected chi connectivity index (χ4v) is 9.31. The fourth-order valence-electron chi connectivity index (χ4n) is 9.31. The Morgan fingerprint density at radius 3 is 2.92 bits per heavy atom. The third-order valence-corrected chi connectivity index (χ3v) is 9.95. The second-order valence-corrected chi connectivity index (χ2v) is 10.6. The first-order valence-corrected chi connectivity index (χ1v) is 10.7. The molecule has 138 valence electrons. The topological polar surface area (TPSA) is 32.7 Å². The number of rotatable bonds is 0. The van der Waals surface area contributed by atoms with Crippen molar-refractivity contribution >= 4 is 0 Å². The third kappa shape index (κ3) is 1.62. The van der Waals surface area contributed by atoms with Gasteiger partial charge in [-0.3, -0.25) is 4.90 Å². The van der Waals surface area contributed by atoms with Crippen molar-refractivity contribution in [3.05, 3.63) is 12.2 Å². The van der Waals surface area contributed by atoms with Crippen molar-refractivity contribution in [2.24, 2.45) is 34.0 Å². The lowest BCUT2D eigenvalue weighted by atomic mass is 9.38. The van der Waals surface area contributed by atoms with E-state index in [0.717, 1.165) is 24.6 Å². The molecule has 3 nitrogen and oxygen atoms in total. The predicted octanol–water partition coefficient (Wildman–Crippen LogP) is 3.58. The van der Waals surface area contributed by atoms with Crippen molar-refractivity contribution in [1.82, 2.24) is 4.90 Å². The van der Waals surface area contributed by atoms with Gasteiger partial charge in [-0.1, -0.05) is 19.9 Å². The Hall–Kier alpha value is -0.380. The van der Waals surface area contributed by atoms with E-state index in [9.17, 15) is 5.11 Å². The van der Waals surface area contributed by atoms with Gasteiger partial charge in [0.1, 0.15) is 6.23 Å². The summed E-state index contributed by atoms with van der Waals surface area (Å²) in [7, 11) is 0. The first-order chi connectivity index (χ1) is 12.0. The van der Waals surface area contributed by atoms with E-state index in [1.165, 1.54) is 57.9 Å². The summed E-state index contributed by atoms with van der Waals surface area (Å²) in [4.78, 5) is 2.69. The lowest BCUT2D eigenvalue weighted by Gasteiger charge is -2.70. The minimum atomic E-state index is -0.259. The molecule has 3 heteroatoms. The highest BCUT2D eigenvalue weighted by Gasteiger charge is 2.73. The zero-order valence-electron chi connectivity index (χ0n) is 15.7. The molecule has 2 saturated heterocycles. The Bertz CT molecular complexity index is 634. The largest absolute Gasteiger partial charge is 0.388 e. The molecule has 1 N–H and O–H groups in total. The van der Waals surface area contributed by atoms with Crippen molar-refractivity contribution in [2.45, 2.75) is 70.6 Å². The number of aliphatic hydroxyl groups is 1. The molecule has 1 spiro atoms. The van der Waals surface area contributed by atoms with Crippen molar-refractivity contribution in [3.8, 4) is 0 Å². The van der Waals surface area contributed by atoms with E-state index in [1.807, 2.05) is 0 Å². The molecule has 0 aromatic heterocycles. The van der Waals surface area contributed by atoms with Crippen molar-refractivity contribution in [3.63, 3.8) is 0 Å². The highest BCUT2D eigenvalue weighted by molar-refractivity contribution is 5.29. The van der Waals surface area contributed by atoms with E-state index in [0.29, 0.717) is 23.5 Å². The van der Waals surface area contributed by atoms with Crippen LogP contribution in [0.1, 0.15) is 58.3 Å². The molecule has 6 rings (SSSR count). The molecule has 2 heterocycles. The molecule has 0 amide bonds. The average molecular weight is 344 g/mol. The van der Waals surface area contributed by atoms with Gasteiger partial charge in [0.2, 0.25) is 0 Å². The lowest BCUT2D eigenvalue weighted by Crippen LogP contribution is -2.71. The molecular weight excluding hydrogens is 310 g/mol. The summed E-state index contributed by atoms with van der Waals surface area (Å²) in [6.45, 7) is 10.2. The van der Waals surface area contributed by atoms with Crippen LogP contribution in [0.2, 0.25) is 0 Å². The molecule has 4 aliphatic carbocycles. The van der Waals surface area contributed by atoms with E-state index < -0.39 is 0 Å². The summed E-state index contributed by atoms with van der Waals surface area (Å²) in [5.74, 6) is 2.01. The Kier molecular flexibility index (Phi) is 2.95. The zero-order valence-corrected chi connectivity index (χ0v) is 15.7. The molecule has 6 aliphatic rings. The van der Waals surface area contributed by atoms with Crippen molar-refractivity contribution < 1.29 is 9.84 Å². The zero-order chi connectivity index (χ0) is 17.0. The Balaban J connectivity index is 1.53. The van der Waals surface area contributed by atoms with E-state index in [1.54, 1.807) is 0 Å². The van der Waals surface area contributed by atoms with Gasteiger partial charge in [-0.15, -0.1) is 0 Å². The molecule has 0 radical (unpaired) electrons. The average Bonchev–Trinajstić information content (AvgIpc) is 3.12. The molecule has 2 aliphatic heterocycles. The van der Waals surface area contributed by atoms with Crippen LogP contribution in [0, 0.1) is 34.0 Å². The molecule has 4 bridgehead atoms. The van der Waals surface area contributed by atoms with E-state index in [4.69, 9.17) is 4.74 Å². The molecule has 6 fully saturated rings. The Labute approximate surface area is 151 Å². The Morgan fingerprint density at radius 2 is 2.04 bits per heavy atom. The minimum absolute atomic E-state index is 0.115. The number of ether oxygens (including phenoxy) is 1.